The molecule has 2 aromatic rings. The first-order valence-electron chi connectivity index (χ1n) is 5.23. The van der Waals surface area contributed by atoms with E-state index in [9.17, 15) is 9.18 Å². The summed E-state index contributed by atoms with van der Waals surface area (Å²) in [7, 11) is 0. The van der Waals surface area contributed by atoms with Gasteiger partial charge in [0.1, 0.15) is 10.7 Å². The summed E-state index contributed by atoms with van der Waals surface area (Å²) >= 11 is 2.48. The predicted molar refractivity (Wildman–Crippen MR) is 72.0 cm³/mol. The van der Waals surface area contributed by atoms with Crippen molar-refractivity contribution >= 4 is 29.1 Å². The summed E-state index contributed by atoms with van der Waals surface area (Å²) in [5.74, 6) is -0.966. The fourth-order valence-electron chi connectivity index (χ4n) is 1.42. The molecule has 3 nitrogen and oxygen atoms in total. The quantitative estimate of drug-likeness (QED) is 0.872. The van der Waals surface area contributed by atoms with E-state index in [-0.39, 0.29) is 10.7 Å². The zero-order chi connectivity index (χ0) is 13.8. The van der Waals surface area contributed by atoms with Crippen LogP contribution in [0.15, 0.2) is 34.5 Å². The van der Waals surface area contributed by atoms with Crippen LogP contribution >= 0.6 is 23.1 Å². The Morgan fingerprint density at radius 1 is 1.47 bits per heavy atom. The Bertz CT molecular complexity index is 661. The number of carbonyl (C=O) groups is 1. The second kappa shape index (κ2) is 5.87. The summed E-state index contributed by atoms with van der Waals surface area (Å²) in [5.41, 5.74) is 0.848. The van der Waals surface area contributed by atoms with Gasteiger partial charge in [-0.3, -0.25) is 0 Å². The van der Waals surface area contributed by atoms with E-state index in [0.29, 0.717) is 16.9 Å². The fourth-order valence-corrected chi connectivity index (χ4v) is 3.27. The lowest BCUT2D eigenvalue weighted by Gasteiger charge is -2.02. The second-order valence-corrected chi connectivity index (χ2v) is 5.62. The molecule has 0 radical (unpaired) electrons. The van der Waals surface area contributed by atoms with Gasteiger partial charge < -0.3 is 5.11 Å². The average molecular weight is 293 g/mol. The average Bonchev–Trinajstić information content (AvgIpc) is 2.87. The van der Waals surface area contributed by atoms with Crippen LogP contribution in [0.4, 0.5) is 4.39 Å². The van der Waals surface area contributed by atoms with Crippen molar-refractivity contribution < 1.29 is 14.3 Å². The summed E-state index contributed by atoms with van der Waals surface area (Å²) in [5, 5.41) is 19.3. The molecule has 1 aromatic heterocycles. The number of hydrogen-bond donors (Lipinski definition) is 1. The van der Waals surface area contributed by atoms with Crippen LogP contribution in [-0.2, 0) is 5.75 Å². The Hall–Kier alpha value is -1.84. The van der Waals surface area contributed by atoms with E-state index in [0.717, 1.165) is 16.2 Å². The number of rotatable bonds is 4. The molecule has 0 aliphatic heterocycles. The van der Waals surface area contributed by atoms with Crippen LogP contribution in [0.3, 0.4) is 0 Å². The highest BCUT2D eigenvalue weighted by Crippen LogP contribution is 2.28. The van der Waals surface area contributed by atoms with Gasteiger partial charge >= 0.3 is 5.97 Å². The van der Waals surface area contributed by atoms with Crippen molar-refractivity contribution in [3.8, 4) is 6.07 Å². The highest BCUT2D eigenvalue weighted by molar-refractivity contribution is 7.98. The van der Waals surface area contributed by atoms with E-state index in [4.69, 9.17) is 10.4 Å². The summed E-state index contributed by atoms with van der Waals surface area (Å²) in [6, 6.07) is 7.72. The molecule has 6 heteroatoms. The molecule has 19 heavy (non-hydrogen) atoms. The normalized spacial score (nSPS) is 10.1. The van der Waals surface area contributed by atoms with Crippen LogP contribution in [0.25, 0.3) is 0 Å². The molecular weight excluding hydrogens is 285 g/mol. The van der Waals surface area contributed by atoms with Gasteiger partial charge in [0.2, 0.25) is 0 Å². The Balaban J connectivity index is 2.09. The molecule has 1 heterocycles. The van der Waals surface area contributed by atoms with Crippen LogP contribution in [0.2, 0.25) is 0 Å². The van der Waals surface area contributed by atoms with Gasteiger partial charge in [-0.2, -0.15) is 5.26 Å². The van der Waals surface area contributed by atoms with E-state index in [1.165, 1.54) is 30.0 Å². The van der Waals surface area contributed by atoms with Gasteiger partial charge in [-0.05, 0) is 29.8 Å². The molecule has 0 unspecified atom stereocenters. The standard InChI is InChI=1S/C13H8FNO2S2/c14-11-2-1-8(5-15)3-9(11)6-18-10-4-12(13(16)17)19-7-10/h1-4,7H,6H2,(H,16,17). The van der Waals surface area contributed by atoms with Crippen molar-refractivity contribution in [2.45, 2.75) is 10.6 Å². The maximum atomic E-state index is 13.5. The predicted octanol–water partition coefficient (Wildman–Crippen LogP) is 3.75. The molecule has 0 atom stereocenters. The third-order valence-corrected chi connectivity index (χ3v) is 4.45. The molecule has 1 N–H and O–H groups in total. The molecule has 0 amide bonds. The minimum Gasteiger partial charge on any atom is -0.477 e. The lowest BCUT2D eigenvalue weighted by Crippen LogP contribution is -1.90. The number of carboxylic acid groups (broad SMARTS) is 1. The first-order valence-corrected chi connectivity index (χ1v) is 7.10. The Kier molecular flexibility index (Phi) is 4.20. The molecule has 2 rings (SSSR count). The van der Waals surface area contributed by atoms with Crippen molar-refractivity contribution in [1.29, 1.82) is 5.26 Å². The van der Waals surface area contributed by atoms with Crippen molar-refractivity contribution in [1.82, 2.24) is 0 Å². The van der Waals surface area contributed by atoms with E-state index in [2.05, 4.69) is 0 Å². The smallest absolute Gasteiger partial charge is 0.345 e. The summed E-state index contributed by atoms with van der Waals surface area (Å²) in [6.07, 6.45) is 0. The number of thioether (sulfide) groups is 1. The highest BCUT2D eigenvalue weighted by Gasteiger charge is 2.09. The first kappa shape index (κ1) is 13.6. The number of nitriles is 1. The van der Waals surface area contributed by atoms with Crippen molar-refractivity contribution in [2.75, 3.05) is 0 Å². The minimum absolute atomic E-state index is 0.258. The van der Waals surface area contributed by atoms with Gasteiger partial charge in [0.25, 0.3) is 0 Å². The zero-order valence-electron chi connectivity index (χ0n) is 9.59. The molecule has 0 aliphatic rings. The maximum absolute atomic E-state index is 13.5. The van der Waals surface area contributed by atoms with Gasteiger partial charge in [-0.25, -0.2) is 9.18 Å². The molecule has 0 aliphatic carbocycles. The number of nitrogens with zero attached hydrogens (tertiary/aromatic N) is 1. The summed E-state index contributed by atoms with van der Waals surface area (Å²) in [4.78, 5) is 11.8. The lowest BCUT2D eigenvalue weighted by molar-refractivity contribution is 0.0702. The van der Waals surface area contributed by atoms with Crippen LogP contribution in [0.1, 0.15) is 20.8 Å². The molecule has 0 spiro atoms. The molecular formula is C13H8FNO2S2. The second-order valence-electron chi connectivity index (χ2n) is 3.66. The summed E-state index contributed by atoms with van der Waals surface area (Å²) < 4.78 is 13.5. The molecule has 0 saturated heterocycles. The van der Waals surface area contributed by atoms with Gasteiger partial charge in [-0.1, -0.05) is 0 Å². The Labute approximate surface area is 117 Å². The summed E-state index contributed by atoms with van der Waals surface area (Å²) in [6.45, 7) is 0. The minimum atomic E-state index is -0.963. The number of aromatic carboxylic acids is 1. The van der Waals surface area contributed by atoms with Crippen LogP contribution in [0.5, 0.6) is 0 Å². The Morgan fingerprint density at radius 2 is 2.26 bits per heavy atom. The van der Waals surface area contributed by atoms with E-state index in [1.54, 1.807) is 11.4 Å². The van der Waals surface area contributed by atoms with Crippen LogP contribution in [-0.4, -0.2) is 11.1 Å². The van der Waals surface area contributed by atoms with E-state index >= 15 is 0 Å². The number of hydrogen-bond acceptors (Lipinski definition) is 4. The van der Waals surface area contributed by atoms with Crippen molar-refractivity contribution in [2.24, 2.45) is 0 Å². The van der Waals surface area contributed by atoms with E-state index in [1.807, 2.05) is 6.07 Å². The fraction of sp³-hybridized carbons (Fsp3) is 0.0769. The molecule has 1 aromatic carbocycles. The monoisotopic (exact) mass is 293 g/mol. The van der Waals surface area contributed by atoms with E-state index < -0.39 is 5.97 Å². The van der Waals surface area contributed by atoms with Gasteiger partial charge in [0.05, 0.1) is 11.6 Å². The third-order valence-electron chi connectivity index (χ3n) is 2.36. The van der Waals surface area contributed by atoms with Crippen LogP contribution in [0, 0.1) is 17.1 Å². The molecule has 0 saturated carbocycles. The van der Waals surface area contributed by atoms with Crippen LogP contribution < -0.4 is 0 Å². The number of halogens is 1. The topological polar surface area (TPSA) is 61.1 Å². The third kappa shape index (κ3) is 3.34. The molecule has 96 valence electrons. The van der Waals surface area contributed by atoms with Crippen molar-refractivity contribution in [3.63, 3.8) is 0 Å². The number of carboxylic acids is 1. The number of benzene rings is 1. The van der Waals surface area contributed by atoms with Crippen molar-refractivity contribution in [3.05, 3.63) is 51.5 Å². The first-order chi connectivity index (χ1) is 9.10. The lowest BCUT2D eigenvalue weighted by atomic mass is 10.1. The SMILES string of the molecule is N#Cc1ccc(F)c(CSc2csc(C(=O)O)c2)c1. The Morgan fingerprint density at radius 3 is 2.89 bits per heavy atom. The molecule has 0 bridgehead atoms. The van der Waals surface area contributed by atoms with Gasteiger partial charge in [0, 0.05) is 16.0 Å². The van der Waals surface area contributed by atoms with Gasteiger partial charge in [0.15, 0.2) is 0 Å². The van der Waals surface area contributed by atoms with Gasteiger partial charge in [-0.15, -0.1) is 23.1 Å². The molecule has 0 fully saturated rings. The highest BCUT2D eigenvalue weighted by atomic mass is 32.2. The maximum Gasteiger partial charge on any atom is 0.345 e. The largest absolute Gasteiger partial charge is 0.477 e. The zero-order valence-corrected chi connectivity index (χ0v) is 11.2. The number of thiophene rings is 1.